The Kier molecular flexibility index (Phi) is 9.62. The number of aromatic nitrogens is 4. The predicted molar refractivity (Wildman–Crippen MR) is 214 cm³/mol. The molecule has 14 nitrogen and oxygen atoms in total. The number of carbonyl (C=O) groups excluding carboxylic acids is 4. The molecule has 3 aromatic rings. The summed E-state index contributed by atoms with van der Waals surface area (Å²) in [4.78, 5) is 72.9. The normalized spacial score (nSPS) is 31.4. The van der Waals surface area contributed by atoms with Crippen molar-refractivity contribution < 1.29 is 28.7 Å². The molecule has 4 heterocycles. The van der Waals surface area contributed by atoms with Gasteiger partial charge in [-0.15, -0.1) is 0 Å². The molecule has 58 heavy (non-hydrogen) atoms. The Morgan fingerprint density at radius 2 is 1.14 bits per heavy atom. The minimum Gasteiger partial charge on any atom is -0.453 e. The Morgan fingerprint density at radius 3 is 1.62 bits per heavy atom. The third kappa shape index (κ3) is 6.54. The number of ether oxygens (including phenoxy) is 2. The zero-order chi connectivity index (χ0) is 40.7. The average molecular weight is 795 g/mol. The fraction of sp³-hybridized carbons (Fsp3) is 0.636. The fourth-order valence-corrected chi connectivity index (χ4v) is 11.2. The Balaban J connectivity index is 0.856. The van der Waals surface area contributed by atoms with Crippen molar-refractivity contribution in [2.24, 2.45) is 23.7 Å². The lowest BCUT2D eigenvalue weighted by Gasteiger charge is -2.53. The summed E-state index contributed by atoms with van der Waals surface area (Å²) in [5.41, 5.74) is 4.79. The van der Waals surface area contributed by atoms with Gasteiger partial charge >= 0.3 is 12.2 Å². The zero-order valence-corrected chi connectivity index (χ0v) is 34.5. The van der Waals surface area contributed by atoms with Crippen LogP contribution in [0.2, 0.25) is 0 Å². The monoisotopic (exact) mass is 794 g/mol. The quantitative estimate of drug-likeness (QED) is 0.172. The van der Waals surface area contributed by atoms with Gasteiger partial charge in [-0.3, -0.25) is 9.59 Å². The van der Waals surface area contributed by atoms with Crippen LogP contribution in [0.5, 0.6) is 0 Å². The average Bonchev–Trinajstić information content (AvgIpc) is 3.81. The van der Waals surface area contributed by atoms with Crippen LogP contribution in [-0.2, 0) is 29.9 Å². The van der Waals surface area contributed by atoms with Crippen molar-refractivity contribution in [3.63, 3.8) is 0 Å². The number of likely N-dealkylation sites (tertiary alicyclic amines) is 2. The first-order valence-electron chi connectivity index (χ1n) is 21.4. The van der Waals surface area contributed by atoms with Gasteiger partial charge in [0.15, 0.2) is 0 Å². The Bertz CT molecular complexity index is 2050. The molecule has 2 aliphatic heterocycles. The third-order valence-corrected chi connectivity index (χ3v) is 14.9. The molecule has 2 aromatic heterocycles. The minimum absolute atomic E-state index is 0.0551. The standard InChI is InChI=1S/C44H58N8O6/c1-23(2)35(49-41(55)57-5)39(53)51-30-17-26(30)19-32(51)37-45-21-29(47-37)25-7-9-28(10-8-25)43-11-14-44(15-12-43,16-13-43)34-22-46-38(48-34)33-20-27-18-31(27)52(33)40(54)36(24(3)4)50-42(56)58-6/h7-10,21-24,26-27,30-33,35-36H,11-20H2,1-6H3,(H,45,47)(H,46,48)(H,49,55)(H,50,56)/t26-,27-,30-,31-,32+,33+,35+,36+,43?,44?/m1/s1. The van der Waals surface area contributed by atoms with Crippen LogP contribution >= 0.6 is 0 Å². The van der Waals surface area contributed by atoms with Crippen LogP contribution < -0.4 is 10.6 Å². The second-order valence-corrected chi connectivity index (χ2v) is 18.8. The summed E-state index contributed by atoms with van der Waals surface area (Å²) in [7, 11) is 2.63. The molecule has 8 atom stereocenters. The highest BCUT2D eigenvalue weighted by Gasteiger charge is 2.58. The van der Waals surface area contributed by atoms with Gasteiger partial charge in [0.25, 0.3) is 0 Å². The third-order valence-electron chi connectivity index (χ3n) is 14.9. The fourth-order valence-electron chi connectivity index (χ4n) is 11.2. The van der Waals surface area contributed by atoms with E-state index >= 15 is 0 Å². The van der Waals surface area contributed by atoms with Gasteiger partial charge in [0.05, 0.1) is 38.2 Å². The summed E-state index contributed by atoms with van der Waals surface area (Å²) in [6.07, 6.45) is 13.1. The molecular weight excluding hydrogens is 737 g/mol. The molecule has 7 fully saturated rings. The molecule has 5 saturated carbocycles. The van der Waals surface area contributed by atoms with E-state index in [2.05, 4.69) is 44.9 Å². The van der Waals surface area contributed by atoms with Gasteiger partial charge in [0.1, 0.15) is 23.7 Å². The summed E-state index contributed by atoms with van der Waals surface area (Å²) >= 11 is 0. The molecule has 4 N–H and O–H groups in total. The van der Waals surface area contributed by atoms with Crippen LogP contribution in [0.3, 0.4) is 0 Å². The van der Waals surface area contributed by atoms with Gasteiger partial charge in [-0.25, -0.2) is 19.6 Å². The van der Waals surface area contributed by atoms with Crippen LogP contribution in [0.15, 0.2) is 36.7 Å². The Labute approximate surface area is 340 Å². The molecule has 0 spiro atoms. The number of methoxy groups -OCH3 is 2. The topological polar surface area (TPSA) is 175 Å². The first-order valence-corrected chi connectivity index (χ1v) is 21.4. The van der Waals surface area contributed by atoms with Crippen LogP contribution in [0.1, 0.15) is 127 Å². The largest absolute Gasteiger partial charge is 0.453 e. The molecule has 0 unspecified atom stereocenters. The summed E-state index contributed by atoms with van der Waals surface area (Å²) in [6.45, 7) is 7.77. The smallest absolute Gasteiger partial charge is 0.407 e. The Hall–Kier alpha value is -4.88. The molecule has 10 rings (SSSR count). The summed E-state index contributed by atoms with van der Waals surface area (Å²) < 4.78 is 9.65. The molecule has 4 amide bonds. The van der Waals surface area contributed by atoms with Crippen molar-refractivity contribution in [2.45, 2.75) is 139 Å². The van der Waals surface area contributed by atoms with Crippen molar-refractivity contribution in [2.75, 3.05) is 14.2 Å². The van der Waals surface area contributed by atoms with Crippen molar-refractivity contribution >= 4 is 24.0 Å². The van der Waals surface area contributed by atoms with Crippen molar-refractivity contribution in [1.82, 2.24) is 40.4 Å². The lowest BCUT2D eigenvalue weighted by atomic mass is 9.51. The summed E-state index contributed by atoms with van der Waals surface area (Å²) in [6, 6.07) is 7.81. The number of H-pyrrole nitrogens is 2. The second kappa shape index (κ2) is 14.4. The van der Waals surface area contributed by atoms with Gasteiger partial charge < -0.3 is 39.9 Å². The second-order valence-electron chi connectivity index (χ2n) is 18.8. The van der Waals surface area contributed by atoms with E-state index in [9.17, 15) is 19.2 Å². The lowest BCUT2D eigenvalue weighted by molar-refractivity contribution is -0.137. The van der Waals surface area contributed by atoms with Crippen LogP contribution in [0, 0.1) is 23.7 Å². The number of nitrogens with one attached hydrogen (secondary N) is 4. The van der Waals surface area contributed by atoms with Gasteiger partial charge in [0.2, 0.25) is 11.8 Å². The highest BCUT2D eigenvalue weighted by molar-refractivity contribution is 5.88. The maximum absolute atomic E-state index is 13.9. The number of aromatic amines is 2. The molecule has 2 saturated heterocycles. The molecular formula is C44H58N8O6. The van der Waals surface area contributed by atoms with E-state index in [-0.39, 0.29) is 58.6 Å². The zero-order valence-electron chi connectivity index (χ0n) is 34.5. The number of rotatable bonds is 11. The number of benzene rings is 1. The number of nitrogens with zero attached hydrogens (tertiary/aromatic N) is 4. The van der Waals surface area contributed by atoms with E-state index in [1.807, 2.05) is 49.9 Å². The Morgan fingerprint density at radius 1 is 0.672 bits per heavy atom. The number of hydrogen-bond donors (Lipinski definition) is 4. The van der Waals surface area contributed by atoms with E-state index in [1.165, 1.54) is 25.5 Å². The van der Waals surface area contributed by atoms with Gasteiger partial charge in [-0.2, -0.15) is 0 Å². The van der Waals surface area contributed by atoms with E-state index < -0.39 is 24.3 Å². The predicted octanol–water partition coefficient (Wildman–Crippen LogP) is 6.43. The van der Waals surface area contributed by atoms with Crippen molar-refractivity contribution in [3.8, 4) is 11.3 Å². The molecule has 310 valence electrons. The van der Waals surface area contributed by atoms with E-state index in [0.29, 0.717) is 11.8 Å². The van der Waals surface area contributed by atoms with Crippen LogP contribution in [-0.4, -0.2) is 92.1 Å². The molecule has 14 heteroatoms. The van der Waals surface area contributed by atoms with E-state index in [1.54, 1.807) is 0 Å². The molecule has 7 aliphatic rings. The number of fused-ring (bicyclic) bond motifs is 5. The van der Waals surface area contributed by atoms with E-state index in [0.717, 1.165) is 87.1 Å². The number of carbonyl (C=O) groups is 4. The van der Waals surface area contributed by atoms with Gasteiger partial charge in [-0.05, 0) is 104 Å². The molecule has 5 aliphatic carbocycles. The summed E-state index contributed by atoms with van der Waals surface area (Å²) in [5, 5.41) is 5.53. The molecule has 1 aromatic carbocycles. The van der Waals surface area contributed by atoms with Crippen molar-refractivity contribution in [3.05, 3.63) is 59.6 Å². The number of hydrogen-bond acceptors (Lipinski definition) is 8. The minimum atomic E-state index is -0.662. The maximum Gasteiger partial charge on any atom is 0.407 e. The van der Waals surface area contributed by atoms with Crippen LogP contribution in [0.25, 0.3) is 11.3 Å². The summed E-state index contributed by atoms with van der Waals surface area (Å²) in [5.74, 6) is 2.31. The molecule has 2 bridgehead atoms. The SMILES string of the molecule is COC(=O)N[C@H](C(=O)N1[C@@H]2C[C@@H]2C[C@H]1c1ncc(-c2ccc(C34CCC(c5cnc([C@@H]6C[C@H]7C[C@H]7N6C(=O)[C@@H](NC(=O)OC)C(C)C)[nH]5)(CC3)CC4)cc2)[nH]1)C(C)C. The maximum atomic E-state index is 13.9. The number of piperidine rings is 2. The number of imidazole rings is 2. The van der Waals surface area contributed by atoms with Crippen molar-refractivity contribution in [1.29, 1.82) is 0 Å². The van der Waals surface area contributed by atoms with Gasteiger partial charge in [0, 0.05) is 29.4 Å². The molecule has 0 radical (unpaired) electrons. The highest BCUT2D eigenvalue weighted by Crippen LogP contribution is 2.59. The number of alkyl carbamates (subject to hydrolysis) is 2. The first kappa shape index (κ1) is 38.6. The van der Waals surface area contributed by atoms with Gasteiger partial charge in [-0.1, -0.05) is 52.0 Å². The lowest BCUT2D eigenvalue weighted by Crippen LogP contribution is -2.52. The van der Waals surface area contributed by atoms with E-state index in [4.69, 9.17) is 19.4 Å². The first-order chi connectivity index (χ1) is 27.8. The van der Waals surface area contributed by atoms with Crippen LogP contribution in [0.4, 0.5) is 9.59 Å². The highest BCUT2D eigenvalue weighted by atomic mass is 16.5. The number of amides is 4.